The van der Waals surface area contributed by atoms with E-state index in [1.54, 1.807) is 6.07 Å². The molecular formula is C15H16ClNO2. The summed E-state index contributed by atoms with van der Waals surface area (Å²) in [5, 5.41) is 0.547. The van der Waals surface area contributed by atoms with Crippen molar-refractivity contribution in [2.45, 2.75) is 13.2 Å². The monoisotopic (exact) mass is 277 g/mol. The SMILES string of the molecule is NCc1cccc(Cl)c1OCOCc1ccccc1. The molecule has 4 heteroatoms. The lowest BCUT2D eigenvalue weighted by Gasteiger charge is -2.12. The molecule has 2 aromatic carbocycles. The molecule has 0 atom stereocenters. The number of halogens is 1. The van der Waals surface area contributed by atoms with Crippen LogP contribution in [0.4, 0.5) is 0 Å². The first kappa shape index (κ1) is 13.9. The van der Waals surface area contributed by atoms with Gasteiger partial charge in [0.25, 0.3) is 0 Å². The lowest BCUT2D eigenvalue weighted by atomic mass is 10.2. The minimum atomic E-state index is 0.144. The Balaban J connectivity index is 1.86. The molecule has 0 bridgehead atoms. The molecule has 2 N–H and O–H groups in total. The van der Waals surface area contributed by atoms with Gasteiger partial charge in [-0.15, -0.1) is 0 Å². The zero-order valence-electron chi connectivity index (χ0n) is 10.5. The van der Waals surface area contributed by atoms with Crippen molar-refractivity contribution in [1.82, 2.24) is 0 Å². The summed E-state index contributed by atoms with van der Waals surface area (Å²) < 4.78 is 11.0. The van der Waals surface area contributed by atoms with E-state index in [-0.39, 0.29) is 6.79 Å². The van der Waals surface area contributed by atoms with Gasteiger partial charge in [0.15, 0.2) is 6.79 Å². The first-order valence-corrected chi connectivity index (χ1v) is 6.41. The van der Waals surface area contributed by atoms with Gasteiger partial charge in [0.2, 0.25) is 0 Å². The van der Waals surface area contributed by atoms with Gasteiger partial charge >= 0.3 is 0 Å². The summed E-state index contributed by atoms with van der Waals surface area (Å²) >= 11 is 6.07. The molecule has 3 nitrogen and oxygen atoms in total. The summed E-state index contributed by atoms with van der Waals surface area (Å²) in [5.41, 5.74) is 7.61. The molecule has 0 aliphatic carbocycles. The number of nitrogens with two attached hydrogens (primary N) is 1. The quantitative estimate of drug-likeness (QED) is 0.650. The zero-order chi connectivity index (χ0) is 13.5. The van der Waals surface area contributed by atoms with Crippen molar-refractivity contribution in [2.24, 2.45) is 5.73 Å². The van der Waals surface area contributed by atoms with Crippen molar-refractivity contribution < 1.29 is 9.47 Å². The highest BCUT2D eigenvalue weighted by atomic mass is 35.5. The van der Waals surface area contributed by atoms with E-state index in [0.717, 1.165) is 11.1 Å². The van der Waals surface area contributed by atoms with Crippen molar-refractivity contribution in [2.75, 3.05) is 6.79 Å². The van der Waals surface area contributed by atoms with Crippen LogP contribution in [0.1, 0.15) is 11.1 Å². The third-order valence-corrected chi connectivity index (χ3v) is 2.96. The molecular weight excluding hydrogens is 262 g/mol. The van der Waals surface area contributed by atoms with Gasteiger partial charge in [-0.1, -0.05) is 54.1 Å². The fraction of sp³-hybridized carbons (Fsp3) is 0.200. The highest BCUT2D eigenvalue weighted by molar-refractivity contribution is 6.32. The Morgan fingerprint density at radius 1 is 1.00 bits per heavy atom. The standard InChI is InChI=1S/C15H16ClNO2/c16-14-8-4-7-13(9-17)15(14)19-11-18-10-12-5-2-1-3-6-12/h1-8H,9-11,17H2. The molecule has 0 aliphatic rings. The molecule has 0 heterocycles. The Hall–Kier alpha value is -1.55. The van der Waals surface area contributed by atoms with E-state index in [2.05, 4.69) is 0 Å². The van der Waals surface area contributed by atoms with Crippen molar-refractivity contribution >= 4 is 11.6 Å². The number of ether oxygens (including phenoxy) is 2. The summed E-state index contributed by atoms with van der Waals surface area (Å²) in [6, 6.07) is 15.4. The number of para-hydroxylation sites is 1. The average molecular weight is 278 g/mol. The highest BCUT2D eigenvalue weighted by Crippen LogP contribution is 2.28. The molecule has 0 aromatic heterocycles. The molecule has 0 unspecified atom stereocenters. The van der Waals surface area contributed by atoms with Gasteiger partial charge in [0, 0.05) is 12.1 Å². The highest BCUT2D eigenvalue weighted by Gasteiger charge is 2.06. The second kappa shape index (κ2) is 7.14. The molecule has 0 saturated heterocycles. The number of rotatable bonds is 6. The van der Waals surface area contributed by atoms with Gasteiger partial charge in [-0.3, -0.25) is 0 Å². The summed E-state index contributed by atoms with van der Waals surface area (Å²) in [6.07, 6.45) is 0. The van der Waals surface area contributed by atoms with Crippen LogP contribution in [0.3, 0.4) is 0 Å². The maximum atomic E-state index is 6.07. The van der Waals surface area contributed by atoms with Crippen LogP contribution in [0.25, 0.3) is 0 Å². The largest absolute Gasteiger partial charge is 0.466 e. The Morgan fingerprint density at radius 2 is 1.79 bits per heavy atom. The first-order valence-electron chi connectivity index (χ1n) is 6.03. The van der Waals surface area contributed by atoms with Crippen LogP contribution in [-0.2, 0) is 17.9 Å². The van der Waals surface area contributed by atoms with E-state index in [9.17, 15) is 0 Å². The summed E-state index contributed by atoms with van der Waals surface area (Å²) in [5.74, 6) is 0.597. The van der Waals surface area contributed by atoms with Crippen LogP contribution >= 0.6 is 11.6 Å². The van der Waals surface area contributed by atoms with Gasteiger partial charge in [-0.05, 0) is 11.6 Å². The van der Waals surface area contributed by atoms with Crippen molar-refractivity contribution in [3.8, 4) is 5.75 Å². The van der Waals surface area contributed by atoms with Gasteiger partial charge in [0.05, 0.1) is 11.6 Å². The molecule has 2 aromatic rings. The van der Waals surface area contributed by atoms with E-state index in [0.29, 0.717) is 23.9 Å². The van der Waals surface area contributed by atoms with Crippen LogP contribution in [0.5, 0.6) is 5.75 Å². The zero-order valence-corrected chi connectivity index (χ0v) is 11.3. The minimum Gasteiger partial charge on any atom is -0.466 e. The maximum Gasteiger partial charge on any atom is 0.189 e. The second-order valence-electron chi connectivity index (χ2n) is 4.03. The lowest BCUT2D eigenvalue weighted by molar-refractivity contribution is 0.00460. The molecule has 0 aliphatic heterocycles. The molecule has 0 radical (unpaired) electrons. The third kappa shape index (κ3) is 3.96. The van der Waals surface area contributed by atoms with Crippen LogP contribution in [0.15, 0.2) is 48.5 Å². The van der Waals surface area contributed by atoms with E-state index < -0.39 is 0 Å². The molecule has 19 heavy (non-hydrogen) atoms. The fourth-order valence-electron chi connectivity index (χ4n) is 1.71. The van der Waals surface area contributed by atoms with Crippen molar-refractivity contribution in [3.05, 3.63) is 64.7 Å². The second-order valence-corrected chi connectivity index (χ2v) is 4.44. The topological polar surface area (TPSA) is 44.5 Å². The Morgan fingerprint density at radius 3 is 2.53 bits per heavy atom. The molecule has 2 rings (SSSR count). The van der Waals surface area contributed by atoms with E-state index in [1.165, 1.54) is 0 Å². The predicted molar refractivity (Wildman–Crippen MR) is 76.1 cm³/mol. The van der Waals surface area contributed by atoms with Crippen molar-refractivity contribution in [3.63, 3.8) is 0 Å². The smallest absolute Gasteiger partial charge is 0.189 e. The summed E-state index contributed by atoms with van der Waals surface area (Å²) in [7, 11) is 0. The van der Waals surface area contributed by atoms with E-state index in [4.69, 9.17) is 26.8 Å². The fourth-order valence-corrected chi connectivity index (χ4v) is 1.96. The van der Waals surface area contributed by atoms with Gasteiger partial charge in [0.1, 0.15) is 5.75 Å². The van der Waals surface area contributed by atoms with Crippen LogP contribution in [-0.4, -0.2) is 6.79 Å². The first-order chi connectivity index (χ1) is 9.31. The Labute approximate surface area is 117 Å². The van der Waals surface area contributed by atoms with Gasteiger partial charge < -0.3 is 15.2 Å². The molecule has 0 fully saturated rings. The summed E-state index contributed by atoms with van der Waals surface area (Å²) in [4.78, 5) is 0. The minimum absolute atomic E-state index is 0.144. The Bertz CT molecular complexity index is 517. The lowest BCUT2D eigenvalue weighted by Crippen LogP contribution is -2.07. The van der Waals surface area contributed by atoms with Crippen LogP contribution in [0, 0.1) is 0 Å². The van der Waals surface area contributed by atoms with Crippen LogP contribution < -0.4 is 10.5 Å². The van der Waals surface area contributed by atoms with E-state index >= 15 is 0 Å². The molecule has 0 saturated carbocycles. The third-order valence-electron chi connectivity index (χ3n) is 2.67. The van der Waals surface area contributed by atoms with Gasteiger partial charge in [-0.25, -0.2) is 0 Å². The van der Waals surface area contributed by atoms with Crippen LogP contribution in [0.2, 0.25) is 5.02 Å². The van der Waals surface area contributed by atoms with Gasteiger partial charge in [-0.2, -0.15) is 0 Å². The molecule has 0 amide bonds. The number of hydrogen-bond donors (Lipinski definition) is 1. The molecule has 100 valence electrons. The van der Waals surface area contributed by atoms with E-state index in [1.807, 2.05) is 42.5 Å². The maximum absolute atomic E-state index is 6.07. The summed E-state index contributed by atoms with van der Waals surface area (Å²) in [6.45, 7) is 1.03. The predicted octanol–water partition coefficient (Wildman–Crippen LogP) is 3.35. The number of hydrogen-bond acceptors (Lipinski definition) is 3. The van der Waals surface area contributed by atoms with Crippen molar-refractivity contribution in [1.29, 1.82) is 0 Å². The number of benzene rings is 2. The average Bonchev–Trinajstić information content (AvgIpc) is 2.46. The molecule has 0 spiro atoms. The normalized spacial score (nSPS) is 10.4. The Kier molecular flexibility index (Phi) is 5.21.